The lowest BCUT2D eigenvalue weighted by molar-refractivity contribution is 0.0929. The summed E-state index contributed by atoms with van der Waals surface area (Å²) in [7, 11) is 4.01. The number of rotatable bonds is 9. The lowest BCUT2D eigenvalue weighted by Crippen LogP contribution is -2.35. The molecule has 0 heterocycles. The lowest BCUT2D eigenvalue weighted by atomic mass is 10.0. The molecule has 0 atom stereocenters. The molecule has 4 rings (SSSR count). The van der Waals surface area contributed by atoms with E-state index >= 15 is 0 Å². The summed E-state index contributed by atoms with van der Waals surface area (Å²) >= 11 is 0. The first-order valence-corrected chi connectivity index (χ1v) is 11.0. The number of hydrogen-bond acceptors (Lipinski definition) is 4. The van der Waals surface area contributed by atoms with E-state index < -0.39 is 0 Å². The van der Waals surface area contributed by atoms with Gasteiger partial charge in [0.05, 0.1) is 5.54 Å². The highest BCUT2D eigenvalue weighted by molar-refractivity contribution is 5.96. The topological polar surface area (TPSA) is 50.8 Å². The number of ether oxygens (including phenoxy) is 2. The fourth-order valence-corrected chi connectivity index (χ4v) is 3.64. The molecule has 0 spiro atoms. The molecule has 5 heteroatoms. The molecular formula is C27H30N2O3. The second kappa shape index (κ2) is 9.45. The van der Waals surface area contributed by atoms with Crippen LogP contribution in [0.1, 0.15) is 34.3 Å². The highest BCUT2D eigenvalue weighted by Crippen LogP contribution is 2.46. The lowest BCUT2D eigenvalue weighted by Gasteiger charge is -2.20. The average Bonchev–Trinajstić information content (AvgIpc) is 3.56. The predicted molar refractivity (Wildman–Crippen MR) is 127 cm³/mol. The number of nitrogens with zero attached hydrogens (tertiary/aromatic N) is 1. The summed E-state index contributed by atoms with van der Waals surface area (Å²) in [6.07, 6.45) is 1.85. The van der Waals surface area contributed by atoms with Gasteiger partial charge in [0.1, 0.15) is 23.9 Å². The second-order valence-corrected chi connectivity index (χ2v) is 8.60. The Labute approximate surface area is 190 Å². The third-order valence-electron chi connectivity index (χ3n) is 5.75. The Morgan fingerprint density at radius 2 is 1.59 bits per heavy atom. The molecule has 0 aliphatic heterocycles. The number of benzene rings is 3. The van der Waals surface area contributed by atoms with E-state index in [1.807, 2.05) is 93.8 Å². The zero-order valence-corrected chi connectivity index (χ0v) is 18.9. The summed E-state index contributed by atoms with van der Waals surface area (Å²) in [6, 6.07) is 23.4. The van der Waals surface area contributed by atoms with Crippen LogP contribution < -0.4 is 14.8 Å². The Kier molecular flexibility index (Phi) is 6.47. The fraction of sp³-hybridized carbons (Fsp3) is 0.296. The van der Waals surface area contributed by atoms with Gasteiger partial charge >= 0.3 is 0 Å². The molecule has 0 radical (unpaired) electrons. The van der Waals surface area contributed by atoms with Crippen molar-refractivity contribution < 1.29 is 14.3 Å². The summed E-state index contributed by atoms with van der Waals surface area (Å²) < 4.78 is 11.7. The molecule has 3 aromatic carbocycles. The van der Waals surface area contributed by atoms with E-state index in [1.165, 1.54) is 0 Å². The van der Waals surface area contributed by atoms with Crippen molar-refractivity contribution in [3.05, 3.63) is 89.5 Å². The third-order valence-corrected chi connectivity index (χ3v) is 5.75. The van der Waals surface area contributed by atoms with Crippen molar-refractivity contribution in [1.29, 1.82) is 0 Å². The average molecular weight is 431 g/mol. The molecule has 1 amide bonds. The number of hydrogen-bond donors (Lipinski definition) is 1. The van der Waals surface area contributed by atoms with Crippen molar-refractivity contribution in [2.45, 2.75) is 25.3 Å². The van der Waals surface area contributed by atoms with Gasteiger partial charge in [-0.3, -0.25) is 4.79 Å². The molecule has 0 unspecified atom stereocenters. The summed E-state index contributed by atoms with van der Waals surface area (Å²) in [5, 5.41) is 3.27. The number of carbonyl (C=O) groups is 1. The number of amides is 1. The highest BCUT2D eigenvalue weighted by Gasteiger charge is 2.45. The van der Waals surface area contributed by atoms with Crippen LogP contribution in [0.25, 0.3) is 0 Å². The SMILES string of the molecule is Cc1ccc(OCCN(C)C)cc1C(=O)NC1(c2ccc(Oc3ccccc3)cc2)CC1. The third kappa shape index (κ3) is 5.29. The van der Waals surface area contributed by atoms with Crippen LogP contribution in [0, 0.1) is 6.92 Å². The number of nitrogens with one attached hydrogen (secondary N) is 1. The van der Waals surface area contributed by atoms with Crippen molar-refractivity contribution in [2.24, 2.45) is 0 Å². The zero-order valence-electron chi connectivity index (χ0n) is 18.9. The molecule has 1 saturated carbocycles. The minimum atomic E-state index is -0.309. The second-order valence-electron chi connectivity index (χ2n) is 8.60. The van der Waals surface area contributed by atoms with Crippen LogP contribution in [0.15, 0.2) is 72.8 Å². The van der Waals surface area contributed by atoms with Crippen LogP contribution in [0.5, 0.6) is 17.2 Å². The van der Waals surface area contributed by atoms with Crippen LogP contribution in [-0.4, -0.2) is 38.1 Å². The first-order valence-electron chi connectivity index (χ1n) is 11.0. The number of aryl methyl sites for hydroxylation is 1. The summed E-state index contributed by atoms with van der Waals surface area (Å²) in [5.41, 5.74) is 2.38. The molecule has 0 saturated heterocycles. The van der Waals surface area contributed by atoms with Gasteiger partial charge in [-0.25, -0.2) is 0 Å². The van der Waals surface area contributed by atoms with Gasteiger partial charge < -0.3 is 19.7 Å². The van der Waals surface area contributed by atoms with Crippen molar-refractivity contribution in [3.63, 3.8) is 0 Å². The Hall–Kier alpha value is -3.31. The predicted octanol–water partition coefficient (Wildman–Crippen LogP) is 5.15. The molecule has 0 bridgehead atoms. The molecule has 1 N–H and O–H groups in total. The molecule has 1 aliphatic rings. The Balaban J connectivity index is 1.43. The van der Waals surface area contributed by atoms with Gasteiger partial charge in [0.25, 0.3) is 5.91 Å². The van der Waals surface area contributed by atoms with Crippen LogP contribution in [-0.2, 0) is 5.54 Å². The van der Waals surface area contributed by atoms with Gasteiger partial charge in [-0.05, 0) is 81.4 Å². The molecule has 3 aromatic rings. The van der Waals surface area contributed by atoms with E-state index in [4.69, 9.17) is 9.47 Å². The van der Waals surface area contributed by atoms with E-state index in [2.05, 4.69) is 10.2 Å². The normalized spacial score (nSPS) is 14.1. The first kappa shape index (κ1) is 21.9. The maximum atomic E-state index is 13.1. The number of carbonyl (C=O) groups excluding carboxylic acids is 1. The molecule has 1 fully saturated rings. The molecule has 166 valence electrons. The maximum absolute atomic E-state index is 13.1. The summed E-state index contributed by atoms with van der Waals surface area (Å²) in [4.78, 5) is 15.2. The number of likely N-dealkylation sites (N-methyl/N-ethyl adjacent to an activating group) is 1. The quantitative estimate of drug-likeness (QED) is 0.510. The van der Waals surface area contributed by atoms with E-state index in [1.54, 1.807) is 0 Å². The van der Waals surface area contributed by atoms with E-state index in [-0.39, 0.29) is 11.4 Å². The minimum absolute atomic E-state index is 0.0670. The largest absolute Gasteiger partial charge is 0.492 e. The van der Waals surface area contributed by atoms with Crippen LogP contribution in [0.4, 0.5) is 0 Å². The van der Waals surface area contributed by atoms with Gasteiger partial charge in [0.2, 0.25) is 0 Å². The van der Waals surface area contributed by atoms with Gasteiger partial charge in [-0.2, -0.15) is 0 Å². The van der Waals surface area contributed by atoms with Gasteiger partial charge in [-0.15, -0.1) is 0 Å². The zero-order chi connectivity index (χ0) is 22.6. The molecule has 0 aromatic heterocycles. The van der Waals surface area contributed by atoms with Crippen molar-refractivity contribution in [2.75, 3.05) is 27.2 Å². The Morgan fingerprint density at radius 1 is 0.938 bits per heavy atom. The van der Waals surface area contributed by atoms with Crippen molar-refractivity contribution >= 4 is 5.91 Å². The van der Waals surface area contributed by atoms with Crippen molar-refractivity contribution in [1.82, 2.24) is 10.2 Å². The minimum Gasteiger partial charge on any atom is -0.492 e. The van der Waals surface area contributed by atoms with Gasteiger partial charge in [0, 0.05) is 12.1 Å². The van der Waals surface area contributed by atoms with Crippen LogP contribution in [0.3, 0.4) is 0 Å². The van der Waals surface area contributed by atoms with E-state index in [0.29, 0.717) is 12.2 Å². The monoisotopic (exact) mass is 430 g/mol. The van der Waals surface area contributed by atoms with Gasteiger partial charge in [0.15, 0.2) is 0 Å². The molecule has 1 aliphatic carbocycles. The van der Waals surface area contributed by atoms with Crippen LogP contribution in [0.2, 0.25) is 0 Å². The van der Waals surface area contributed by atoms with Crippen molar-refractivity contribution in [3.8, 4) is 17.2 Å². The summed E-state index contributed by atoms with van der Waals surface area (Å²) in [6.45, 7) is 3.36. The fourth-order valence-electron chi connectivity index (χ4n) is 3.64. The smallest absolute Gasteiger partial charge is 0.252 e. The van der Waals surface area contributed by atoms with Crippen LogP contribution >= 0.6 is 0 Å². The standard InChI is InChI=1S/C27H30N2O3/c1-20-9-12-24(31-18-17-29(2)3)19-25(20)26(30)28-27(15-16-27)21-10-13-23(14-11-21)32-22-7-5-4-6-8-22/h4-14,19H,15-18H2,1-3H3,(H,28,30). The Bertz CT molecular complexity index is 1060. The Morgan fingerprint density at radius 3 is 2.25 bits per heavy atom. The van der Waals surface area contributed by atoms with E-state index in [9.17, 15) is 4.79 Å². The molecule has 5 nitrogen and oxygen atoms in total. The maximum Gasteiger partial charge on any atom is 0.252 e. The van der Waals surface area contributed by atoms with E-state index in [0.717, 1.165) is 47.8 Å². The molecule has 32 heavy (non-hydrogen) atoms. The van der Waals surface area contributed by atoms with Gasteiger partial charge in [-0.1, -0.05) is 36.4 Å². The summed E-state index contributed by atoms with van der Waals surface area (Å²) in [5.74, 6) is 2.23. The first-order chi connectivity index (χ1) is 15.4. The molecular weight excluding hydrogens is 400 g/mol. The number of para-hydroxylation sites is 1. The highest BCUT2D eigenvalue weighted by atomic mass is 16.5.